The minimum Gasteiger partial charge on any atom is -0.459 e. The van der Waals surface area contributed by atoms with E-state index in [1.807, 2.05) is 54.6 Å². The molecule has 0 saturated carbocycles. The predicted octanol–water partition coefficient (Wildman–Crippen LogP) is 6.48. The number of furan rings is 1. The standard InChI is InChI=1S/C25H20ClN3OS/c1-16-5-11-19(12-6-16)29-24(23(28-25(29)31)20-4-2-3-15-27-20)22-14-13-21(30-22)17-7-9-18(26)10-8-17/h2-15,23-24H,1H3,(H,28,31)/t23-,24-/m0/s1. The number of nitrogens with one attached hydrogen (secondary N) is 1. The normalized spacial score (nSPS) is 18.3. The van der Waals surface area contributed by atoms with E-state index >= 15 is 0 Å². The minimum atomic E-state index is -0.175. The highest BCUT2D eigenvalue weighted by molar-refractivity contribution is 7.80. The topological polar surface area (TPSA) is 41.3 Å². The van der Waals surface area contributed by atoms with Crippen LogP contribution in [0.5, 0.6) is 0 Å². The van der Waals surface area contributed by atoms with Crippen LogP contribution in [0, 0.1) is 6.92 Å². The maximum atomic E-state index is 6.36. The first-order chi connectivity index (χ1) is 15.1. The molecular weight excluding hydrogens is 426 g/mol. The molecule has 4 aromatic rings. The van der Waals surface area contributed by atoms with E-state index in [1.54, 1.807) is 6.20 Å². The van der Waals surface area contributed by atoms with Crippen LogP contribution in [0.4, 0.5) is 5.69 Å². The Balaban J connectivity index is 1.59. The van der Waals surface area contributed by atoms with Crippen LogP contribution in [0.15, 0.2) is 89.5 Å². The van der Waals surface area contributed by atoms with E-state index < -0.39 is 0 Å². The maximum Gasteiger partial charge on any atom is 0.174 e. The number of aromatic nitrogens is 1. The van der Waals surface area contributed by atoms with E-state index in [2.05, 4.69) is 46.4 Å². The molecule has 2 atom stereocenters. The molecule has 1 aliphatic heterocycles. The van der Waals surface area contributed by atoms with Crippen molar-refractivity contribution in [2.45, 2.75) is 19.0 Å². The third kappa shape index (κ3) is 3.82. The summed E-state index contributed by atoms with van der Waals surface area (Å²) in [4.78, 5) is 6.69. The van der Waals surface area contributed by atoms with Crippen LogP contribution >= 0.6 is 23.8 Å². The molecule has 5 rings (SSSR count). The van der Waals surface area contributed by atoms with Gasteiger partial charge in [-0.2, -0.15) is 0 Å². The van der Waals surface area contributed by atoms with Crippen molar-refractivity contribution in [1.29, 1.82) is 0 Å². The van der Waals surface area contributed by atoms with Gasteiger partial charge in [0.2, 0.25) is 0 Å². The van der Waals surface area contributed by atoms with Gasteiger partial charge in [-0.05, 0) is 79.8 Å². The Kier molecular flexibility index (Phi) is 5.22. The molecule has 1 N–H and O–H groups in total. The summed E-state index contributed by atoms with van der Waals surface area (Å²) in [5.41, 5.74) is 4.09. The van der Waals surface area contributed by atoms with Crippen LogP contribution in [0.1, 0.15) is 29.1 Å². The zero-order valence-corrected chi connectivity index (χ0v) is 18.4. The van der Waals surface area contributed by atoms with Crippen molar-refractivity contribution in [3.63, 3.8) is 0 Å². The molecule has 0 bridgehead atoms. The summed E-state index contributed by atoms with van der Waals surface area (Å²) in [6.07, 6.45) is 1.80. The van der Waals surface area contributed by atoms with E-state index in [0.717, 1.165) is 28.5 Å². The third-order valence-corrected chi connectivity index (χ3v) is 6.02. The predicted molar refractivity (Wildman–Crippen MR) is 128 cm³/mol. The molecule has 0 unspecified atom stereocenters. The average Bonchev–Trinajstić information content (AvgIpc) is 3.40. The smallest absolute Gasteiger partial charge is 0.174 e. The van der Waals surface area contributed by atoms with Crippen LogP contribution in [-0.2, 0) is 0 Å². The summed E-state index contributed by atoms with van der Waals surface area (Å²) < 4.78 is 6.36. The molecule has 6 heteroatoms. The van der Waals surface area contributed by atoms with Crippen molar-refractivity contribution < 1.29 is 4.42 Å². The van der Waals surface area contributed by atoms with Crippen LogP contribution in [0.3, 0.4) is 0 Å². The summed E-state index contributed by atoms with van der Waals surface area (Å²) in [5.74, 6) is 1.60. The molecule has 0 radical (unpaired) electrons. The second kappa shape index (κ2) is 8.17. The van der Waals surface area contributed by atoms with Gasteiger partial charge in [0.25, 0.3) is 0 Å². The van der Waals surface area contributed by atoms with Crippen molar-refractivity contribution >= 4 is 34.6 Å². The number of hydrogen-bond acceptors (Lipinski definition) is 3. The highest BCUT2D eigenvalue weighted by atomic mass is 35.5. The largest absolute Gasteiger partial charge is 0.459 e. The Morgan fingerprint density at radius 2 is 1.74 bits per heavy atom. The lowest BCUT2D eigenvalue weighted by atomic mass is 10.0. The zero-order chi connectivity index (χ0) is 21.4. The van der Waals surface area contributed by atoms with Gasteiger partial charge in [0.05, 0.1) is 11.7 Å². The highest BCUT2D eigenvalue weighted by Gasteiger charge is 2.42. The fraction of sp³-hybridized carbons (Fsp3) is 0.120. The Morgan fingerprint density at radius 1 is 0.968 bits per heavy atom. The lowest BCUT2D eigenvalue weighted by molar-refractivity contribution is 0.439. The lowest BCUT2D eigenvalue weighted by Crippen LogP contribution is -2.29. The molecule has 0 aliphatic carbocycles. The van der Waals surface area contributed by atoms with E-state index in [1.165, 1.54) is 5.56 Å². The number of nitrogens with zero attached hydrogens (tertiary/aromatic N) is 2. The molecule has 4 nitrogen and oxygen atoms in total. The summed E-state index contributed by atoms with van der Waals surface area (Å²) in [5, 5.41) is 4.80. The molecule has 154 valence electrons. The number of hydrogen-bond donors (Lipinski definition) is 1. The second-order valence-corrected chi connectivity index (χ2v) is 8.36. The van der Waals surface area contributed by atoms with Gasteiger partial charge in [0.15, 0.2) is 5.11 Å². The number of rotatable bonds is 4. The molecule has 2 aromatic heterocycles. The summed E-state index contributed by atoms with van der Waals surface area (Å²) in [6.45, 7) is 2.07. The first-order valence-corrected chi connectivity index (χ1v) is 10.8. The van der Waals surface area contributed by atoms with E-state index in [4.69, 9.17) is 28.2 Å². The molecule has 1 fully saturated rings. The van der Waals surface area contributed by atoms with Gasteiger partial charge in [0, 0.05) is 22.5 Å². The van der Waals surface area contributed by atoms with E-state index in [9.17, 15) is 0 Å². The number of thiocarbonyl (C=S) groups is 1. The fourth-order valence-electron chi connectivity index (χ4n) is 3.91. The Labute approximate surface area is 191 Å². The maximum absolute atomic E-state index is 6.36. The Morgan fingerprint density at radius 3 is 2.45 bits per heavy atom. The van der Waals surface area contributed by atoms with Gasteiger partial charge >= 0.3 is 0 Å². The Hall–Kier alpha value is -3.15. The number of halogens is 1. The summed E-state index contributed by atoms with van der Waals surface area (Å²) >= 11 is 11.8. The van der Waals surface area contributed by atoms with Crippen molar-refractivity contribution in [2.24, 2.45) is 0 Å². The highest BCUT2D eigenvalue weighted by Crippen LogP contribution is 2.42. The minimum absolute atomic E-state index is 0.140. The van der Waals surface area contributed by atoms with Gasteiger partial charge in [-0.15, -0.1) is 0 Å². The summed E-state index contributed by atoms with van der Waals surface area (Å²) in [6, 6.07) is 25.6. The zero-order valence-electron chi connectivity index (χ0n) is 16.8. The van der Waals surface area contributed by atoms with Gasteiger partial charge in [0.1, 0.15) is 17.6 Å². The molecule has 1 saturated heterocycles. The SMILES string of the molecule is Cc1ccc(N2C(=S)N[C@@H](c3ccccn3)[C@@H]2c2ccc(-c3ccc(Cl)cc3)o2)cc1. The van der Waals surface area contributed by atoms with Crippen molar-refractivity contribution in [3.8, 4) is 11.3 Å². The lowest BCUT2D eigenvalue weighted by Gasteiger charge is -2.26. The number of pyridine rings is 1. The fourth-order valence-corrected chi connectivity index (χ4v) is 4.38. The average molecular weight is 446 g/mol. The van der Waals surface area contributed by atoms with Crippen molar-refractivity contribution in [2.75, 3.05) is 4.90 Å². The van der Waals surface area contributed by atoms with E-state index in [0.29, 0.717) is 10.1 Å². The van der Waals surface area contributed by atoms with Crippen molar-refractivity contribution in [1.82, 2.24) is 10.3 Å². The van der Waals surface area contributed by atoms with Crippen LogP contribution in [0.25, 0.3) is 11.3 Å². The number of aryl methyl sites for hydroxylation is 1. The molecule has 1 aliphatic rings. The Bertz CT molecular complexity index is 1210. The van der Waals surface area contributed by atoms with Crippen LogP contribution in [-0.4, -0.2) is 10.1 Å². The van der Waals surface area contributed by atoms with Gasteiger partial charge in [-0.25, -0.2) is 0 Å². The monoisotopic (exact) mass is 445 g/mol. The molecule has 31 heavy (non-hydrogen) atoms. The van der Waals surface area contributed by atoms with E-state index in [-0.39, 0.29) is 12.1 Å². The van der Waals surface area contributed by atoms with Crippen LogP contribution < -0.4 is 10.2 Å². The molecule has 0 amide bonds. The van der Waals surface area contributed by atoms with Crippen molar-refractivity contribution in [3.05, 3.63) is 107 Å². The quantitative estimate of drug-likeness (QED) is 0.364. The van der Waals surface area contributed by atoms with Gasteiger partial charge < -0.3 is 14.6 Å². The third-order valence-electron chi connectivity index (χ3n) is 5.46. The second-order valence-electron chi connectivity index (χ2n) is 7.54. The first-order valence-electron chi connectivity index (χ1n) is 10.0. The number of anilines is 1. The van der Waals surface area contributed by atoms with Crippen LogP contribution in [0.2, 0.25) is 5.02 Å². The van der Waals surface area contributed by atoms with Gasteiger partial charge in [-0.1, -0.05) is 35.4 Å². The van der Waals surface area contributed by atoms with Gasteiger partial charge in [-0.3, -0.25) is 4.98 Å². The first kappa shape index (κ1) is 19.8. The summed E-state index contributed by atoms with van der Waals surface area (Å²) in [7, 11) is 0. The molecule has 2 aromatic carbocycles. The molecular formula is C25H20ClN3OS. The molecule has 0 spiro atoms. The molecule has 3 heterocycles. The number of benzene rings is 2.